The molecule has 1 saturated heterocycles. The topological polar surface area (TPSA) is 108 Å². The molecule has 3 aromatic carbocycles. The third-order valence-electron chi connectivity index (χ3n) is 5.64. The van der Waals surface area contributed by atoms with Gasteiger partial charge in [-0.2, -0.15) is 13.1 Å². The van der Waals surface area contributed by atoms with Crippen LogP contribution in [-0.2, 0) is 20.2 Å². The van der Waals surface area contributed by atoms with E-state index in [9.17, 15) is 16.8 Å². The summed E-state index contributed by atoms with van der Waals surface area (Å²) >= 11 is 6.41. The molecular weight excluding hydrogens is 508 g/mol. The molecule has 35 heavy (non-hydrogen) atoms. The number of nitrogens with one attached hydrogen (secondary N) is 2. The molecule has 0 spiro atoms. The Morgan fingerprint density at radius 1 is 0.971 bits per heavy atom. The number of fused-ring (bicyclic) bond motifs is 1. The van der Waals surface area contributed by atoms with Crippen molar-refractivity contribution in [1.82, 2.24) is 9.71 Å². The Morgan fingerprint density at radius 2 is 1.74 bits per heavy atom. The van der Waals surface area contributed by atoms with Crippen molar-refractivity contribution in [2.45, 2.75) is 11.3 Å². The van der Waals surface area contributed by atoms with E-state index in [0.29, 0.717) is 47.2 Å². The summed E-state index contributed by atoms with van der Waals surface area (Å²) in [6.45, 7) is 0.711. The maximum absolute atomic E-state index is 13.0. The van der Waals surface area contributed by atoms with Crippen molar-refractivity contribution in [3.8, 4) is 11.3 Å². The zero-order valence-corrected chi connectivity index (χ0v) is 20.7. The van der Waals surface area contributed by atoms with E-state index < -0.39 is 20.2 Å². The Balaban J connectivity index is 1.41. The van der Waals surface area contributed by atoms with Gasteiger partial charge in [0, 0.05) is 29.7 Å². The Kier molecular flexibility index (Phi) is 6.14. The van der Waals surface area contributed by atoms with Gasteiger partial charge in [0.05, 0.1) is 26.8 Å². The molecule has 2 N–H and O–H groups in total. The van der Waals surface area contributed by atoms with Gasteiger partial charge in [0.1, 0.15) is 0 Å². The predicted octanol–water partition coefficient (Wildman–Crippen LogP) is 4.40. The molecule has 5 rings (SSSR count). The Labute approximate surface area is 208 Å². The first kappa shape index (κ1) is 23.6. The molecule has 1 aliphatic heterocycles. The summed E-state index contributed by atoms with van der Waals surface area (Å²) in [6, 6.07) is 22.0. The second-order valence-corrected chi connectivity index (χ2v) is 11.8. The quantitative estimate of drug-likeness (QED) is 0.399. The molecule has 11 heteroatoms. The van der Waals surface area contributed by atoms with Crippen LogP contribution in [0.25, 0.3) is 22.2 Å². The number of rotatable bonds is 5. The average Bonchev–Trinajstić information content (AvgIpc) is 2.84. The maximum atomic E-state index is 13.0. The van der Waals surface area contributed by atoms with Crippen LogP contribution in [0.1, 0.15) is 6.42 Å². The summed E-state index contributed by atoms with van der Waals surface area (Å²) in [5.74, 6) is 0. The van der Waals surface area contributed by atoms with E-state index in [-0.39, 0.29) is 4.90 Å². The van der Waals surface area contributed by atoms with E-state index in [1.54, 1.807) is 18.2 Å². The van der Waals surface area contributed by atoms with Crippen LogP contribution in [0.2, 0.25) is 5.02 Å². The molecular formula is C24H21ClN4O4S2. The normalized spacial score (nSPS) is 15.7. The third-order valence-corrected chi connectivity index (χ3v) is 8.91. The van der Waals surface area contributed by atoms with E-state index in [0.717, 1.165) is 10.9 Å². The van der Waals surface area contributed by atoms with Crippen molar-refractivity contribution in [1.29, 1.82) is 0 Å². The van der Waals surface area contributed by atoms with Gasteiger partial charge in [-0.1, -0.05) is 35.9 Å². The van der Waals surface area contributed by atoms with Gasteiger partial charge in [0.25, 0.3) is 10.0 Å². The van der Waals surface area contributed by atoms with Gasteiger partial charge in [0.15, 0.2) is 0 Å². The van der Waals surface area contributed by atoms with E-state index in [1.807, 2.05) is 36.4 Å². The number of nitrogens with zero attached hydrogens (tertiary/aromatic N) is 2. The summed E-state index contributed by atoms with van der Waals surface area (Å²) in [6.07, 6.45) is 0.659. The molecule has 0 amide bonds. The molecule has 1 aromatic heterocycles. The number of sulfonamides is 1. The molecule has 180 valence electrons. The third kappa shape index (κ3) is 4.83. The molecule has 1 fully saturated rings. The summed E-state index contributed by atoms with van der Waals surface area (Å²) in [7, 11) is -7.56. The van der Waals surface area contributed by atoms with Crippen LogP contribution in [0, 0.1) is 0 Å². The zero-order valence-electron chi connectivity index (χ0n) is 18.3. The number of halogens is 1. The summed E-state index contributed by atoms with van der Waals surface area (Å²) < 4.78 is 56.7. The summed E-state index contributed by atoms with van der Waals surface area (Å²) in [5, 5.41) is 1.43. The van der Waals surface area contributed by atoms with Crippen molar-refractivity contribution in [2.24, 2.45) is 0 Å². The van der Waals surface area contributed by atoms with Crippen LogP contribution in [0.4, 0.5) is 11.4 Å². The zero-order chi connectivity index (χ0) is 24.6. The minimum Gasteiger partial charge on any atom is -0.280 e. The monoisotopic (exact) mass is 528 g/mol. The second kappa shape index (κ2) is 9.12. The van der Waals surface area contributed by atoms with E-state index in [2.05, 4.69) is 14.4 Å². The highest BCUT2D eigenvalue weighted by molar-refractivity contribution is 7.92. The second-order valence-electron chi connectivity index (χ2n) is 8.01. The fourth-order valence-corrected chi connectivity index (χ4v) is 6.49. The molecule has 0 bridgehead atoms. The number of hydrogen-bond donors (Lipinski definition) is 2. The molecule has 4 aromatic rings. The van der Waals surface area contributed by atoms with E-state index >= 15 is 0 Å². The predicted molar refractivity (Wildman–Crippen MR) is 138 cm³/mol. The highest BCUT2D eigenvalue weighted by atomic mass is 35.5. The van der Waals surface area contributed by atoms with Gasteiger partial charge in [0.2, 0.25) is 0 Å². The van der Waals surface area contributed by atoms with Crippen LogP contribution in [0.3, 0.4) is 0 Å². The first-order valence-corrected chi connectivity index (χ1v) is 14.1. The highest BCUT2D eigenvalue weighted by Crippen LogP contribution is 2.32. The van der Waals surface area contributed by atoms with Crippen LogP contribution in [0.15, 0.2) is 83.8 Å². The van der Waals surface area contributed by atoms with Gasteiger partial charge in [-0.3, -0.25) is 9.03 Å². The molecule has 0 unspecified atom stereocenters. The molecule has 8 nitrogen and oxygen atoms in total. The van der Waals surface area contributed by atoms with Crippen LogP contribution in [0.5, 0.6) is 0 Å². The smallest absolute Gasteiger partial charge is 0.280 e. The first-order chi connectivity index (χ1) is 16.7. The number of anilines is 2. The van der Waals surface area contributed by atoms with Crippen LogP contribution in [-0.4, -0.2) is 34.9 Å². The fourth-order valence-electron chi connectivity index (χ4n) is 3.90. The number of hydrogen-bond acceptors (Lipinski definition) is 5. The SMILES string of the molecule is O=S(=O)(Nc1ccc(Cl)c(-c2ccc3ccccc3n2)c1)c1ccc(N2CCCNS2(=O)=O)cc1. The number of para-hydroxylation sites is 1. The molecule has 2 heterocycles. The largest absolute Gasteiger partial charge is 0.301 e. The summed E-state index contributed by atoms with van der Waals surface area (Å²) in [4.78, 5) is 4.65. The number of benzene rings is 3. The Bertz CT molecular complexity index is 1630. The van der Waals surface area contributed by atoms with Gasteiger partial charge >= 0.3 is 10.2 Å². The van der Waals surface area contributed by atoms with Crippen molar-refractivity contribution in [3.63, 3.8) is 0 Å². The highest BCUT2D eigenvalue weighted by Gasteiger charge is 2.26. The molecule has 1 aliphatic rings. The summed E-state index contributed by atoms with van der Waals surface area (Å²) in [5.41, 5.74) is 2.74. The van der Waals surface area contributed by atoms with Crippen molar-refractivity contribution in [3.05, 3.63) is 83.9 Å². The van der Waals surface area contributed by atoms with Crippen LogP contribution < -0.4 is 13.7 Å². The molecule has 0 aliphatic carbocycles. The number of pyridine rings is 1. The lowest BCUT2D eigenvalue weighted by Crippen LogP contribution is -2.47. The minimum atomic E-state index is -3.93. The van der Waals surface area contributed by atoms with E-state index in [1.165, 1.54) is 28.6 Å². The lowest BCUT2D eigenvalue weighted by atomic mass is 10.1. The van der Waals surface area contributed by atoms with Crippen molar-refractivity contribution < 1.29 is 16.8 Å². The molecule has 0 radical (unpaired) electrons. The Hall–Kier alpha value is -3.18. The molecule has 0 atom stereocenters. The maximum Gasteiger partial charge on any atom is 0.301 e. The Morgan fingerprint density at radius 3 is 2.51 bits per heavy atom. The van der Waals surface area contributed by atoms with Gasteiger partial charge < -0.3 is 0 Å². The average molecular weight is 529 g/mol. The van der Waals surface area contributed by atoms with Gasteiger partial charge in [-0.15, -0.1) is 0 Å². The van der Waals surface area contributed by atoms with E-state index in [4.69, 9.17) is 11.6 Å². The lowest BCUT2D eigenvalue weighted by molar-refractivity contribution is 0.560. The van der Waals surface area contributed by atoms with Gasteiger partial charge in [-0.05, 0) is 61.0 Å². The van der Waals surface area contributed by atoms with Crippen molar-refractivity contribution >= 4 is 54.1 Å². The number of aromatic nitrogens is 1. The lowest BCUT2D eigenvalue weighted by Gasteiger charge is -2.28. The minimum absolute atomic E-state index is 0.00365. The van der Waals surface area contributed by atoms with Gasteiger partial charge in [-0.25, -0.2) is 13.4 Å². The standard InChI is InChI=1S/C24H21ClN4O4S2/c25-22-12-7-18(16-21(22)24-13-6-17-4-1-2-5-23(17)27-24)28-34(30,31)20-10-8-19(9-11-20)29-15-3-14-26-35(29,32)33/h1-2,4-13,16,26,28H,3,14-15H2. The molecule has 0 saturated carbocycles. The van der Waals surface area contributed by atoms with Crippen molar-refractivity contribution in [2.75, 3.05) is 22.1 Å². The first-order valence-electron chi connectivity index (χ1n) is 10.8. The fraction of sp³-hybridized carbons (Fsp3) is 0.125. The van der Waals surface area contributed by atoms with Crippen LogP contribution >= 0.6 is 11.6 Å².